The van der Waals surface area contributed by atoms with Crippen molar-refractivity contribution in [1.29, 1.82) is 0 Å². The summed E-state index contributed by atoms with van der Waals surface area (Å²) in [5, 5.41) is 11.2. The summed E-state index contributed by atoms with van der Waals surface area (Å²) in [6.07, 6.45) is 2.46. The van der Waals surface area contributed by atoms with Gasteiger partial charge < -0.3 is 9.64 Å². The molecule has 1 N–H and O–H groups in total. The number of piperidine rings is 1. The van der Waals surface area contributed by atoms with Crippen molar-refractivity contribution in [3.8, 4) is 28.4 Å². The summed E-state index contributed by atoms with van der Waals surface area (Å²) in [5.41, 5.74) is 4.00. The SMILES string of the molecule is CCCN1CCC(c2cnc(-c3[nH]nc(-c4cc(OC)c5ncnn5c4)c3CC(F)(F)F)cc2C)CC1. The van der Waals surface area contributed by atoms with E-state index < -0.39 is 12.6 Å². The highest BCUT2D eigenvalue weighted by molar-refractivity contribution is 5.75. The molecule has 0 radical (unpaired) electrons. The summed E-state index contributed by atoms with van der Waals surface area (Å²) in [5.74, 6) is 0.796. The Kier molecular flexibility index (Phi) is 6.89. The lowest BCUT2D eigenvalue weighted by molar-refractivity contribution is -0.127. The topological polar surface area (TPSA) is 84.2 Å². The van der Waals surface area contributed by atoms with E-state index in [-0.39, 0.29) is 17.0 Å². The second-order valence-electron chi connectivity index (χ2n) is 9.59. The molecule has 0 atom stereocenters. The minimum Gasteiger partial charge on any atom is -0.493 e. The largest absolute Gasteiger partial charge is 0.493 e. The Hall–Kier alpha value is -3.47. The van der Waals surface area contributed by atoms with Crippen molar-refractivity contribution in [2.24, 2.45) is 0 Å². The van der Waals surface area contributed by atoms with E-state index in [4.69, 9.17) is 4.74 Å². The molecular weight excluding hydrogens is 483 g/mol. The van der Waals surface area contributed by atoms with E-state index in [0.717, 1.165) is 44.5 Å². The van der Waals surface area contributed by atoms with Crippen LogP contribution in [0.15, 0.2) is 30.9 Å². The molecule has 4 aromatic heterocycles. The van der Waals surface area contributed by atoms with Gasteiger partial charge in [0.05, 0.1) is 30.6 Å². The van der Waals surface area contributed by atoms with Crippen molar-refractivity contribution in [1.82, 2.24) is 34.7 Å². The minimum absolute atomic E-state index is 0.0292. The molecule has 11 heteroatoms. The molecule has 5 rings (SSSR count). The maximum absolute atomic E-state index is 13.7. The lowest BCUT2D eigenvalue weighted by Crippen LogP contribution is -2.33. The van der Waals surface area contributed by atoms with Gasteiger partial charge in [0.2, 0.25) is 0 Å². The van der Waals surface area contributed by atoms with Crippen molar-refractivity contribution < 1.29 is 17.9 Å². The van der Waals surface area contributed by atoms with Gasteiger partial charge in [-0.15, -0.1) is 0 Å². The maximum Gasteiger partial charge on any atom is 0.393 e. The Morgan fingerprint density at radius 3 is 2.62 bits per heavy atom. The van der Waals surface area contributed by atoms with Crippen LogP contribution in [0.25, 0.3) is 28.3 Å². The third-order valence-corrected chi connectivity index (χ3v) is 7.05. The zero-order valence-corrected chi connectivity index (χ0v) is 21.1. The van der Waals surface area contributed by atoms with E-state index in [1.165, 1.54) is 23.5 Å². The number of rotatable bonds is 7. The van der Waals surface area contributed by atoms with Crippen LogP contribution in [-0.4, -0.2) is 67.6 Å². The van der Waals surface area contributed by atoms with Crippen LogP contribution < -0.4 is 4.74 Å². The molecule has 0 saturated carbocycles. The van der Waals surface area contributed by atoms with Crippen molar-refractivity contribution in [3.63, 3.8) is 0 Å². The number of fused-ring (bicyclic) bond motifs is 1. The fraction of sp³-hybridized carbons (Fsp3) is 0.462. The number of methoxy groups -OCH3 is 1. The number of aryl methyl sites for hydroxylation is 1. The van der Waals surface area contributed by atoms with E-state index in [9.17, 15) is 13.2 Å². The monoisotopic (exact) mass is 513 g/mol. The molecule has 1 saturated heterocycles. The first-order valence-corrected chi connectivity index (χ1v) is 12.5. The number of H-pyrrole nitrogens is 1. The van der Waals surface area contributed by atoms with Gasteiger partial charge >= 0.3 is 6.18 Å². The highest BCUT2D eigenvalue weighted by Crippen LogP contribution is 2.37. The predicted octanol–water partition coefficient (Wildman–Crippen LogP) is 5.19. The smallest absolute Gasteiger partial charge is 0.393 e. The molecule has 0 aliphatic carbocycles. The van der Waals surface area contributed by atoms with Gasteiger partial charge in [-0.2, -0.15) is 23.4 Å². The first-order chi connectivity index (χ1) is 17.8. The first kappa shape index (κ1) is 25.2. The minimum atomic E-state index is -4.43. The van der Waals surface area contributed by atoms with Gasteiger partial charge in [0.1, 0.15) is 6.33 Å². The van der Waals surface area contributed by atoms with E-state index in [1.54, 1.807) is 12.3 Å². The zero-order valence-electron chi connectivity index (χ0n) is 21.1. The Morgan fingerprint density at radius 1 is 1.16 bits per heavy atom. The van der Waals surface area contributed by atoms with Gasteiger partial charge in [-0.05, 0) is 75.0 Å². The summed E-state index contributed by atoms with van der Waals surface area (Å²) in [7, 11) is 1.47. The number of halogens is 3. The van der Waals surface area contributed by atoms with Crippen LogP contribution in [0.5, 0.6) is 5.75 Å². The van der Waals surface area contributed by atoms with Gasteiger partial charge in [-0.1, -0.05) is 6.92 Å². The van der Waals surface area contributed by atoms with Crippen LogP contribution in [-0.2, 0) is 6.42 Å². The Labute approximate surface area is 212 Å². The summed E-state index contributed by atoms with van der Waals surface area (Å²) >= 11 is 0. The molecule has 0 bridgehead atoms. The average Bonchev–Trinajstić information content (AvgIpc) is 3.50. The fourth-order valence-electron chi connectivity index (χ4n) is 5.28. The van der Waals surface area contributed by atoms with E-state index in [2.05, 4.69) is 37.1 Å². The third-order valence-electron chi connectivity index (χ3n) is 7.05. The van der Waals surface area contributed by atoms with Gasteiger partial charge in [0.15, 0.2) is 11.4 Å². The summed E-state index contributed by atoms with van der Waals surface area (Å²) in [6.45, 7) is 7.42. The molecule has 37 heavy (non-hydrogen) atoms. The molecule has 4 aromatic rings. The normalized spacial score (nSPS) is 15.5. The molecule has 196 valence electrons. The molecule has 1 fully saturated rings. The number of hydrogen-bond acceptors (Lipinski definition) is 6. The third kappa shape index (κ3) is 5.18. The number of pyridine rings is 2. The van der Waals surface area contributed by atoms with Gasteiger partial charge in [-0.3, -0.25) is 10.1 Å². The number of hydrogen-bond donors (Lipinski definition) is 1. The fourth-order valence-corrected chi connectivity index (χ4v) is 5.28. The summed E-state index contributed by atoms with van der Waals surface area (Å²) in [4.78, 5) is 11.2. The van der Waals surface area contributed by atoms with Gasteiger partial charge in [0, 0.05) is 23.5 Å². The van der Waals surface area contributed by atoms with E-state index in [0.29, 0.717) is 28.6 Å². The van der Waals surface area contributed by atoms with Crippen molar-refractivity contribution >= 4 is 5.65 Å². The zero-order chi connectivity index (χ0) is 26.2. The second kappa shape index (κ2) is 10.1. The Bertz CT molecular complexity index is 1390. The van der Waals surface area contributed by atoms with Crippen LogP contribution >= 0.6 is 0 Å². The quantitative estimate of drug-likeness (QED) is 0.366. The number of aromatic amines is 1. The molecule has 5 heterocycles. The van der Waals surface area contributed by atoms with Crippen LogP contribution in [0.3, 0.4) is 0 Å². The molecule has 1 aliphatic heterocycles. The lowest BCUT2D eigenvalue weighted by Gasteiger charge is -2.32. The second-order valence-corrected chi connectivity index (χ2v) is 9.59. The number of nitrogens with zero attached hydrogens (tertiary/aromatic N) is 6. The lowest BCUT2D eigenvalue weighted by atomic mass is 9.87. The van der Waals surface area contributed by atoms with Gasteiger partial charge in [-0.25, -0.2) is 9.50 Å². The number of alkyl halides is 3. The average molecular weight is 514 g/mol. The number of nitrogens with one attached hydrogen (secondary N) is 1. The number of aromatic nitrogens is 6. The molecule has 0 amide bonds. The molecule has 0 spiro atoms. The highest BCUT2D eigenvalue weighted by Gasteiger charge is 2.33. The molecule has 8 nitrogen and oxygen atoms in total. The standard InChI is InChI=1S/C26H30F3N7O/c1-4-7-35-8-5-17(6-9-35)20-13-30-21(10-16(20)2)24-19(12-26(27,28)29)23(33-34-24)18-11-22(37-3)25-31-15-32-36(25)14-18/h10-11,13-15,17H,4-9,12H2,1-3H3,(H,33,34). The number of ether oxygens (including phenoxy) is 1. The molecular formula is C26H30F3N7O. The summed E-state index contributed by atoms with van der Waals surface area (Å²) < 4.78 is 48.0. The molecule has 0 unspecified atom stereocenters. The Balaban J connectivity index is 1.51. The van der Waals surface area contributed by atoms with Crippen LogP contribution in [0, 0.1) is 6.92 Å². The van der Waals surface area contributed by atoms with E-state index >= 15 is 0 Å². The Morgan fingerprint density at radius 2 is 1.95 bits per heavy atom. The molecule has 0 aromatic carbocycles. The number of likely N-dealkylation sites (tertiary alicyclic amines) is 1. The maximum atomic E-state index is 13.7. The van der Waals surface area contributed by atoms with Crippen molar-refractivity contribution in [2.45, 2.75) is 51.6 Å². The van der Waals surface area contributed by atoms with Crippen LogP contribution in [0.2, 0.25) is 0 Å². The highest BCUT2D eigenvalue weighted by atomic mass is 19.4. The van der Waals surface area contributed by atoms with Crippen LogP contribution in [0.4, 0.5) is 13.2 Å². The summed E-state index contributed by atoms with van der Waals surface area (Å²) in [6, 6.07) is 3.49. The first-order valence-electron chi connectivity index (χ1n) is 12.5. The molecule has 1 aliphatic rings. The predicted molar refractivity (Wildman–Crippen MR) is 134 cm³/mol. The van der Waals surface area contributed by atoms with E-state index in [1.807, 2.05) is 19.2 Å². The van der Waals surface area contributed by atoms with Crippen LogP contribution in [0.1, 0.15) is 48.8 Å². The van der Waals surface area contributed by atoms with Crippen molar-refractivity contribution in [2.75, 3.05) is 26.7 Å². The van der Waals surface area contributed by atoms with Gasteiger partial charge in [0.25, 0.3) is 0 Å². The van der Waals surface area contributed by atoms with Crippen molar-refractivity contribution in [3.05, 3.63) is 47.5 Å².